The zero-order valence-corrected chi connectivity index (χ0v) is 7.01. The van der Waals surface area contributed by atoms with Gasteiger partial charge in [0, 0.05) is 6.61 Å². The number of rotatable bonds is 5. The predicted molar refractivity (Wildman–Crippen MR) is 44.9 cm³/mol. The van der Waals surface area contributed by atoms with Crippen LogP contribution in [-0.2, 0) is 0 Å². The van der Waals surface area contributed by atoms with Crippen LogP contribution >= 0.6 is 0 Å². The molecule has 0 heterocycles. The van der Waals surface area contributed by atoms with E-state index in [0.29, 0.717) is 12.5 Å². The SMILES string of the molecule is CCC(C)C=CCCCO. The van der Waals surface area contributed by atoms with Gasteiger partial charge in [-0.2, -0.15) is 0 Å². The van der Waals surface area contributed by atoms with Crippen molar-refractivity contribution in [3.05, 3.63) is 12.2 Å². The van der Waals surface area contributed by atoms with Crippen LogP contribution in [0.25, 0.3) is 0 Å². The van der Waals surface area contributed by atoms with E-state index in [1.807, 2.05) is 0 Å². The van der Waals surface area contributed by atoms with Crippen LogP contribution in [0.5, 0.6) is 0 Å². The van der Waals surface area contributed by atoms with Gasteiger partial charge in [-0.1, -0.05) is 32.4 Å². The van der Waals surface area contributed by atoms with Crippen molar-refractivity contribution in [3.63, 3.8) is 0 Å². The number of hydrogen-bond donors (Lipinski definition) is 1. The van der Waals surface area contributed by atoms with Gasteiger partial charge in [0.15, 0.2) is 0 Å². The second kappa shape index (κ2) is 6.81. The second-order valence-corrected chi connectivity index (χ2v) is 2.68. The lowest BCUT2D eigenvalue weighted by molar-refractivity contribution is 0.289. The molecule has 0 aliphatic rings. The van der Waals surface area contributed by atoms with Gasteiger partial charge in [-0.25, -0.2) is 0 Å². The third kappa shape index (κ3) is 5.83. The van der Waals surface area contributed by atoms with E-state index in [0.717, 1.165) is 12.8 Å². The lowest BCUT2D eigenvalue weighted by atomic mass is 10.1. The molecule has 1 nitrogen and oxygen atoms in total. The maximum Gasteiger partial charge on any atom is 0.0433 e. The smallest absolute Gasteiger partial charge is 0.0433 e. The maximum atomic E-state index is 8.45. The molecule has 0 spiro atoms. The lowest BCUT2D eigenvalue weighted by Gasteiger charge is -1.98. The Morgan fingerprint density at radius 2 is 2.20 bits per heavy atom. The van der Waals surface area contributed by atoms with Crippen LogP contribution in [0.2, 0.25) is 0 Å². The highest BCUT2D eigenvalue weighted by molar-refractivity contribution is 4.85. The first-order chi connectivity index (χ1) is 4.81. The van der Waals surface area contributed by atoms with Gasteiger partial charge in [-0.3, -0.25) is 0 Å². The van der Waals surface area contributed by atoms with E-state index in [-0.39, 0.29) is 0 Å². The Balaban J connectivity index is 3.18. The number of allylic oxidation sites excluding steroid dienone is 2. The van der Waals surface area contributed by atoms with Crippen molar-refractivity contribution in [1.29, 1.82) is 0 Å². The molecule has 1 unspecified atom stereocenters. The third-order valence-corrected chi connectivity index (χ3v) is 1.64. The zero-order valence-electron chi connectivity index (χ0n) is 7.01. The minimum absolute atomic E-state index is 0.310. The van der Waals surface area contributed by atoms with Crippen molar-refractivity contribution in [2.75, 3.05) is 6.61 Å². The molecule has 1 N–H and O–H groups in total. The number of aliphatic hydroxyl groups excluding tert-OH is 1. The Hall–Kier alpha value is -0.300. The Kier molecular flexibility index (Phi) is 6.61. The van der Waals surface area contributed by atoms with Crippen molar-refractivity contribution in [3.8, 4) is 0 Å². The second-order valence-electron chi connectivity index (χ2n) is 2.68. The standard InChI is InChI=1S/C9H18O/c1-3-9(2)7-5-4-6-8-10/h5,7,9-10H,3-4,6,8H2,1-2H3. The molecule has 0 fully saturated rings. The summed E-state index contributed by atoms with van der Waals surface area (Å²) in [7, 11) is 0. The molecular formula is C9H18O. The number of aliphatic hydroxyl groups is 1. The summed E-state index contributed by atoms with van der Waals surface area (Å²) >= 11 is 0. The van der Waals surface area contributed by atoms with Crippen molar-refractivity contribution in [2.45, 2.75) is 33.1 Å². The predicted octanol–water partition coefficient (Wildman–Crippen LogP) is 2.36. The van der Waals surface area contributed by atoms with Crippen LogP contribution in [0, 0.1) is 5.92 Å². The number of unbranched alkanes of at least 4 members (excludes halogenated alkanes) is 1. The average Bonchev–Trinajstić information content (AvgIpc) is 1.98. The summed E-state index contributed by atoms with van der Waals surface area (Å²) in [5.41, 5.74) is 0. The minimum atomic E-state index is 0.310. The van der Waals surface area contributed by atoms with E-state index in [1.54, 1.807) is 0 Å². The summed E-state index contributed by atoms with van der Waals surface area (Å²) in [6.45, 7) is 4.70. The van der Waals surface area contributed by atoms with E-state index < -0.39 is 0 Å². The molecule has 0 amide bonds. The molecule has 0 rings (SSSR count). The molecular weight excluding hydrogens is 124 g/mol. The van der Waals surface area contributed by atoms with Gasteiger partial charge in [0.1, 0.15) is 0 Å². The van der Waals surface area contributed by atoms with Gasteiger partial charge in [0.2, 0.25) is 0 Å². The molecule has 0 saturated carbocycles. The largest absolute Gasteiger partial charge is 0.396 e. The fourth-order valence-corrected chi connectivity index (χ4v) is 0.674. The zero-order chi connectivity index (χ0) is 7.82. The topological polar surface area (TPSA) is 20.2 Å². The van der Waals surface area contributed by atoms with Crippen LogP contribution in [0.4, 0.5) is 0 Å². The van der Waals surface area contributed by atoms with Gasteiger partial charge in [-0.05, 0) is 18.8 Å². The van der Waals surface area contributed by atoms with Crippen LogP contribution < -0.4 is 0 Å². The first-order valence-corrected chi connectivity index (χ1v) is 4.08. The van der Waals surface area contributed by atoms with Gasteiger partial charge in [0.25, 0.3) is 0 Å². The Morgan fingerprint density at radius 1 is 1.50 bits per heavy atom. The normalized spacial score (nSPS) is 14.3. The molecule has 0 saturated heterocycles. The summed E-state index contributed by atoms with van der Waals surface area (Å²) < 4.78 is 0. The van der Waals surface area contributed by atoms with E-state index in [4.69, 9.17) is 5.11 Å². The molecule has 0 aromatic carbocycles. The molecule has 0 radical (unpaired) electrons. The van der Waals surface area contributed by atoms with E-state index >= 15 is 0 Å². The average molecular weight is 142 g/mol. The molecule has 0 aliphatic heterocycles. The van der Waals surface area contributed by atoms with Crippen LogP contribution in [0.1, 0.15) is 33.1 Å². The first kappa shape index (κ1) is 9.70. The molecule has 0 aliphatic carbocycles. The molecule has 1 atom stereocenters. The van der Waals surface area contributed by atoms with Crippen LogP contribution in [-0.4, -0.2) is 11.7 Å². The highest BCUT2D eigenvalue weighted by Crippen LogP contribution is 2.02. The Labute approximate surface area is 63.8 Å². The summed E-state index contributed by atoms with van der Waals surface area (Å²) in [4.78, 5) is 0. The number of hydrogen-bond acceptors (Lipinski definition) is 1. The van der Waals surface area contributed by atoms with Crippen molar-refractivity contribution in [2.24, 2.45) is 5.92 Å². The van der Waals surface area contributed by atoms with Crippen molar-refractivity contribution >= 4 is 0 Å². The van der Waals surface area contributed by atoms with E-state index in [1.165, 1.54) is 6.42 Å². The van der Waals surface area contributed by atoms with Gasteiger partial charge in [-0.15, -0.1) is 0 Å². The summed E-state index contributed by atoms with van der Waals surface area (Å²) in [6.07, 6.45) is 7.49. The summed E-state index contributed by atoms with van der Waals surface area (Å²) in [6, 6.07) is 0. The summed E-state index contributed by atoms with van der Waals surface area (Å²) in [5, 5.41) is 8.45. The van der Waals surface area contributed by atoms with Gasteiger partial charge in [0.05, 0.1) is 0 Å². The highest BCUT2D eigenvalue weighted by Gasteiger charge is 1.88. The summed E-state index contributed by atoms with van der Waals surface area (Å²) in [5.74, 6) is 0.693. The minimum Gasteiger partial charge on any atom is -0.396 e. The third-order valence-electron chi connectivity index (χ3n) is 1.64. The highest BCUT2D eigenvalue weighted by atomic mass is 16.2. The van der Waals surface area contributed by atoms with E-state index in [2.05, 4.69) is 26.0 Å². The monoisotopic (exact) mass is 142 g/mol. The van der Waals surface area contributed by atoms with Crippen LogP contribution in [0.15, 0.2) is 12.2 Å². The van der Waals surface area contributed by atoms with E-state index in [9.17, 15) is 0 Å². The van der Waals surface area contributed by atoms with Crippen molar-refractivity contribution in [1.82, 2.24) is 0 Å². The van der Waals surface area contributed by atoms with Crippen molar-refractivity contribution < 1.29 is 5.11 Å². The fraction of sp³-hybridized carbons (Fsp3) is 0.778. The Bertz CT molecular complexity index is 86.7. The molecule has 60 valence electrons. The van der Waals surface area contributed by atoms with Gasteiger partial charge < -0.3 is 5.11 Å². The molecule has 1 heteroatoms. The first-order valence-electron chi connectivity index (χ1n) is 4.08. The Morgan fingerprint density at radius 3 is 2.70 bits per heavy atom. The quantitative estimate of drug-likeness (QED) is 0.461. The molecule has 0 aromatic rings. The maximum absolute atomic E-state index is 8.45. The lowest BCUT2D eigenvalue weighted by Crippen LogP contribution is -1.84. The van der Waals surface area contributed by atoms with Gasteiger partial charge >= 0.3 is 0 Å². The fourth-order valence-electron chi connectivity index (χ4n) is 0.674. The molecule has 0 bridgehead atoms. The van der Waals surface area contributed by atoms with Crippen LogP contribution in [0.3, 0.4) is 0 Å². The molecule has 10 heavy (non-hydrogen) atoms. The molecule has 0 aromatic heterocycles.